The van der Waals surface area contributed by atoms with E-state index in [1.54, 1.807) is 0 Å². The minimum Gasteiger partial charge on any atom is -0.354 e. The van der Waals surface area contributed by atoms with Crippen LogP contribution in [0.2, 0.25) is 0 Å². The van der Waals surface area contributed by atoms with Crippen molar-refractivity contribution in [2.45, 2.75) is 25.7 Å². The van der Waals surface area contributed by atoms with Crippen LogP contribution in [0.5, 0.6) is 0 Å². The molecule has 0 aromatic heterocycles. The van der Waals surface area contributed by atoms with Gasteiger partial charge in [-0.3, -0.25) is 4.79 Å². The van der Waals surface area contributed by atoms with Crippen molar-refractivity contribution < 1.29 is 4.79 Å². The second-order valence-electron chi connectivity index (χ2n) is 4.50. The highest BCUT2D eigenvalue weighted by Gasteiger charge is 2.31. The predicted molar refractivity (Wildman–Crippen MR) is 76.3 cm³/mol. The van der Waals surface area contributed by atoms with Gasteiger partial charge in [0.05, 0.1) is 5.92 Å². The van der Waals surface area contributed by atoms with Crippen molar-refractivity contribution in [3.8, 4) is 0 Å². The highest BCUT2D eigenvalue weighted by atomic mass is 35.5. The Morgan fingerprint density at radius 1 is 1.28 bits per heavy atom. The van der Waals surface area contributed by atoms with E-state index in [2.05, 4.69) is 29.7 Å². The third-order valence-electron chi connectivity index (χ3n) is 3.20. The molecule has 4 heteroatoms. The molecule has 0 aliphatic heterocycles. The van der Waals surface area contributed by atoms with Crippen LogP contribution in [0, 0.1) is 0 Å². The van der Waals surface area contributed by atoms with Crippen molar-refractivity contribution in [2.75, 3.05) is 19.6 Å². The van der Waals surface area contributed by atoms with E-state index in [4.69, 9.17) is 0 Å². The molecule has 0 radical (unpaired) electrons. The molecular weight excluding hydrogens is 248 g/mol. The Labute approximate surface area is 115 Å². The quantitative estimate of drug-likeness (QED) is 0.774. The second-order valence-corrected chi connectivity index (χ2v) is 4.50. The van der Waals surface area contributed by atoms with Crippen molar-refractivity contribution in [3.05, 3.63) is 35.4 Å². The zero-order chi connectivity index (χ0) is 12.1. The monoisotopic (exact) mass is 268 g/mol. The van der Waals surface area contributed by atoms with E-state index in [1.165, 1.54) is 11.1 Å². The summed E-state index contributed by atoms with van der Waals surface area (Å²) < 4.78 is 0. The van der Waals surface area contributed by atoms with Crippen LogP contribution in [0.25, 0.3) is 0 Å². The fraction of sp³-hybridized carbons (Fsp3) is 0.500. The summed E-state index contributed by atoms with van der Waals surface area (Å²) in [6, 6.07) is 8.18. The van der Waals surface area contributed by atoms with E-state index in [-0.39, 0.29) is 24.2 Å². The van der Waals surface area contributed by atoms with Crippen LogP contribution in [-0.4, -0.2) is 25.5 Å². The van der Waals surface area contributed by atoms with Gasteiger partial charge in [-0.15, -0.1) is 12.4 Å². The van der Waals surface area contributed by atoms with Crippen molar-refractivity contribution in [1.29, 1.82) is 0 Å². The average Bonchev–Trinajstić information content (AvgIpc) is 2.30. The van der Waals surface area contributed by atoms with Gasteiger partial charge in [0, 0.05) is 13.1 Å². The Morgan fingerprint density at radius 3 is 2.78 bits per heavy atom. The molecule has 1 atom stereocenters. The van der Waals surface area contributed by atoms with Gasteiger partial charge in [0.15, 0.2) is 0 Å². The van der Waals surface area contributed by atoms with Gasteiger partial charge in [0.2, 0.25) is 5.91 Å². The van der Waals surface area contributed by atoms with E-state index < -0.39 is 0 Å². The van der Waals surface area contributed by atoms with E-state index in [9.17, 15) is 4.79 Å². The van der Waals surface area contributed by atoms with Gasteiger partial charge in [-0.1, -0.05) is 31.2 Å². The maximum atomic E-state index is 11.9. The molecule has 0 saturated carbocycles. The number of rotatable bonds is 6. The second kappa shape index (κ2) is 7.39. The van der Waals surface area contributed by atoms with Gasteiger partial charge in [-0.05, 0) is 30.5 Å². The zero-order valence-corrected chi connectivity index (χ0v) is 11.6. The number of halogens is 1. The van der Waals surface area contributed by atoms with Crippen LogP contribution < -0.4 is 10.6 Å². The van der Waals surface area contributed by atoms with Gasteiger partial charge in [0.1, 0.15) is 0 Å². The summed E-state index contributed by atoms with van der Waals surface area (Å²) in [5, 5.41) is 6.25. The van der Waals surface area contributed by atoms with Crippen molar-refractivity contribution in [1.82, 2.24) is 10.6 Å². The molecule has 1 amide bonds. The lowest BCUT2D eigenvalue weighted by Gasteiger charge is -2.28. The number of carbonyl (C=O) groups excluding carboxylic acids is 1. The van der Waals surface area contributed by atoms with E-state index >= 15 is 0 Å². The molecule has 2 N–H and O–H groups in total. The summed E-state index contributed by atoms with van der Waals surface area (Å²) in [5.74, 6) is 0.249. The lowest BCUT2D eigenvalue weighted by molar-refractivity contribution is -0.123. The summed E-state index contributed by atoms with van der Waals surface area (Å²) in [6.07, 6.45) is 2.02. The Bertz CT molecular complexity index is 395. The first kappa shape index (κ1) is 15.0. The van der Waals surface area contributed by atoms with E-state index in [1.807, 2.05) is 12.1 Å². The number of carbonyl (C=O) groups is 1. The number of hydrogen-bond donors (Lipinski definition) is 2. The number of fused-ring (bicyclic) bond motifs is 1. The predicted octanol–water partition coefficient (Wildman–Crippen LogP) is 1.86. The van der Waals surface area contributed by atoms with Gasteiger partial charge in [0.25, 0.3) is 0 Å². The smallest absolute Gasteiger partial charge is 0.227 e. The zero-order valence-electron chi connectivity index (χ0n) is 10.7. The number of hydrogen-bond acceptors (Lipinski definition) is 2. The van der Waals surface area contributed by atoms with Gasteiger partial charge in [-0.25, -0.2) is 0 Å². The number of benzene rings is 1. The molecule has 1 aromatic carbocycles. The molecule has 0 saturated heterocycles. The highest BCUT2D eigenvalue weighted by molar-refractivity contribution is 5.86. The normalized spacial score (nSPS) is 16.2. The molecule has 100 valence electrons. The lowest BCUT2D eigenvalue weighted by Crippen LogP contribution is -2.38. The van der Waals surface area contributed by atoms with Crippen LogP contribution in [0.1, 0.15) is 30.4 Å². The highest BCUT2D eigenvalue weighted by Crippen LogP contribution is 2.34. The number of nitrogens with one attached hydrogen (secondary N) is 2. The van der Waals surface area contributed by atoms with Crippen LogP contribution >= 0.6 is 12.4 Å². The number of amides is 1. The summed E-state index contributed by atoms with van der Waals surface area (Å²) in [4.78, 5) is 11.9. The lowest BCUT2D eigenvalue weighted by atomic mass is 9.77. The molecule has 0 spiro atoms. The van der Waals surface area contributed by atoms with Crippen LogP contribution in [0.3, 0.4) is 0 Å². The molecule has 0 heterocycles. The SMILES string of the molecule is CCCNCCNC(=O)C1Cc2ccccc21.Cl. The Kier molecular flexibility index (Phi) is 6.16. The maximum Gasteiger partial charge on any atom is 0.227 e. The Morgan fingerprint density at radius 2 is 2.06 bits per heavy atom. The summed E-state index contributed by atoms with van der Waals surface area (Å²) >= 11 is 0. The third-order valence-corrected chi connectivity index (χ3v) is 3.20. The third kappa shape index (κ3) is 3.47. The molecule has 0 bridgehead atoms. The van der Waals surface area contributed by atoms with Crippen molar-refractivity contribution >= 4 is 18.3 Å². The maximum absolute atomic E-state index is 11.9. The minimum absolute atomic E-state index is 0. The first-order valence-corrected chi connectivity index (χ1v) is 6.39. The Balaban J connectivity index is 0.00000162. The molecular formula is C14H21ClN2O. The van der Waals surface area contributed by atoms with Gasteiger partial charge < -0.3 is 10.6 Å². The van der Waals surface area contributed by atoms with Crippen LogP contribution in [0.4, 0.5) is 0 Å². The molecule has 1 aromatic rings. The van der Waals surface area contributed by atoms with Gasteiger partial charge in [-0.2, -0.15) is 0 Å². The van der Waals surface area contributed by atoms with Gasteiger partial charge >= 0.3 is 0 Å². The molecule has 1 aliphatic rings. The fourth-order valence-corrected chi connectivity index (χ4v) is 2.19. The topological polar surface area (TPSA) is 41.1 Å². The minimum atomic E-state index is 0. The van der Waals surface area contributed by atoms with Crippen LogP contribution in [0.15, 0.2) is 24.3 Å². The fourth-order valence-electron chi connectivity index (χ4n) is 2.19. The molecule has 3 nitrogen and oxygen atoms in total. The molecule has 1 unspecified atom stereocenters. The summed E-state index contributed by atoms with van der Waals surface area (Å²) in [7, 11) is 0. The summed E-state index contributed by atoms with van der Waals surface area (Å²) in [5.41, 5.74) is 2.52. The van der Waals surface area contributed by atoms with E-state index in [0.29, 0.717) is 0 Å². The Hall–Kier alpha value is -1.06. The van der Waals surface area contributed by atoms with Crippen molar-refractivity contribution in [2.24, 2.45) is 0 Å². The average molecular weight is 269 g/mol. The standard InChI is InChI=1S/C14H20N2O.ClH/c1-2-7-15-8-9-16-14(17)13-10-11-5-3-4-6-12(11)13;/h3-6,13,15H,2,7-10H2,1H3,(H,16,17);1H. The first-order chi connectivity index (χ1) is 8.33. The van der Waals surface area contributed by atoms with E-state index in [0.717, 1.165) is 32.5 Å². The summed E-state index contributed by atoms with van der Waals surface area (Å²) in [6.45, 7) is 4.73. The van der Waals surface area contributed by atoms with Crippen molar-refractivity contribution in [3.63, 3.8) is 0 Å². The largest absolute Gasteiger partial charge is 0.354 e. The molecule has 1 aliphatic carbocycles. The molecule has 2 rings (SSSR count). The van der Waals surface area contributed by atoms with Crippen LogP contribution in [-0.2, 0) is 11.2 Å². The molecule has 18 heavy (non-hydrogen) atoms. The first-order valence-electron chi connectivity index (χ1n) is 6.39. The molecule has 0 fully saturated rings.